The highest BCUT2D eigenvalue weighted by molar-refractivity contribution is 5.49. The minimum Gasteiger partial charge on any atom is -0.205 e. The van der Waals surface area contributed by atoms with Gasteiger partial charge in [0.05, 0.1) is 11.6 Å². The maximum atomic E-state index is 9.06. The maximum absolute atomic E-state index is 9.06. The molecule has 2 nitrogen and oxygen atoms in total. The van der Waals surface area contributed by atoms with Crippen LogP contribution in [0.15, 0.2) is 36.6 Å². The Labute approximate surface area is 171 Å². The standard InChI is InChI=1S/C26H35N2/c1-20-11-9-10-16-24(20)28-19-27-18-17-26(25(27)21(28)2,22-12-5-3-6-13-22)23-14-7-4-8-15-23/h9-11,16-19,22-23H,3-8,12-15H2,1-2H3/q+1/i19D. The van der Waals surface area contributed by atoms with Crippen molar-refractivity contribution in [2.45, 2.75) is 83.5 Å². The summed E-state index contributed by atoms with van der Waals surface area (Å²) in [5.74, 6) is 1.46. The number of aromatic nitrogens is 2. The molecule has 0 N–H and O–H groups in total. The monoisotopic (exact) mass is 376 g/mol. The van der Waals surface area contributed by atoms with Crippen molar-refractivity contribution in [2.75, 3.05) is 0 Å². The van der Waals surface area contributed by atoms with Crippen LogP contribution in [0.1, 0.15) is 82.5 Å². The second-order valence-corrected chi connectivity index (χ2v) is 9.44. The normalized spacial score (nSPS) is 23.0. The first-order valence-electron chi connectivity index (χ1n) is 12.0. The van der Waals surface area contributed by atoms with E-state index in [9.17, 15) is 0 Å². The zero-order chi connectivity index (χ0) is 20.0. The van der Waals surface area contributed by atoms with E-state index in [4.69, 9.17) is 1.37 Å². The van der Waals surface area contributed by atoms with Gasteiger partial charge in [0.15, 0.2) is 7.06 Å². The molecule has 0 spiro atoms. The summed E-state index contributed by atoms with van der Waals surface area (Å²) >= 11 is 0. The van der Waals surface area contributed by atoms with Crippen LogP contribution in [0.3, 0.4) is 0 Å². The quantitative estimate of drug-likeness (QED) is 0.559. The lowest BCUT2D eigenvalue weighted by Gasteiger charge is -2.44. The van der Waals surface area contributed by atoms with E-state index in [0.29, 0.717) is 6.30 Å². The second kappa shape index (κ2) is 7.21. The largest absolute Gasteiger partial charge is 0.254 e. The van der Waals surface area contributed by atoms with Crippen LogP contribution in [0.25, 0.3) is 11.9 Å². The molecule has 3 aliphatic rings. The molecule has 5 rings (SSSR count). The maximum Gasteiger partial charge on any atom is 0.254 e. The van der Waals surface area contributed by atoms with Gasteiger partial charge in [-0.05, 0) is 62.1 Å². The van der Waals surface area contributed by atoms with E-state index in [1.165, 1.54) is 81.2 Å². The van der Waals surface area contributed by atoms with E-state index < -0.39 is 0 Å². The molecule has 1 aromatic heterocycles. The van der Waals surface area contributed by atoms with Gasteiger partial charge in [0, 0.05) is 6.92 Å². The average molecular weight is 377 g/mol. The third-order valence-corrected chi connectivity index (χ3v) is 7.95. The first-order valence-corrected chi connectivity index (χ1v) is 11.5. The van der Waals surface area contributed by atoms with Gasteiger partial charge in [-0.3, -0.25) is 0 Å². The van der Waals surface area contributed by atoms with Gasteiger partial charge in [-0.15, -0.1) is 0 Å². The van der Waals surface area contributed by atoms with Crippen molar-refractivity contribution < 1.29 is 5.94 Å². The average Bonchev–Trinajstić information content (AvgIpc) is 3.28. The molecule has 2 aromatic rings. The fraction of sp³-hybridized carbons (Fsp3) is 0.577. The van der Waals surface area contributed by atoms with E-state index in [1.807, 2.05) is 0 Å². The summed E-state index contributed by atoms with van der Waals surface area (Å²) in [5.41, 5.74) is 5.25. The Bertz CT molecular complexity index is 908. The van der Waals surface area contributed by atoms with Gasteiger partial charge in [0.2, 0.25) is 0 Å². The number of aryl methyl sites for hydroxylation is 1. The molecule has 2 aliphatic carbocycles. The number of allylic oxidation sites excluding steroid dienone is 1. The number of nitrogens with zero attached hydrogens (tertiary/aromatic N) is 2. The molecule has 0 bridgehead atoms. The Hall–Kier alpha value is -1.83. The number of imidazole rings is 1. The van der Waals surface area contributed by atoms with Gasteiger partial charge in [-0.2, -0.15) is 4.57 Å². The Morgan fingerprint density at radius 3 is 2.14 bits per heavy atom. The molecule has 1 aliphatic heterocycles. The van der Waals surface area contributed by atoms with Crippen LogP contribution < -0.4 is 4.57 Å². The molecule has 0 atom stereocenters. The Balaban J connectivity index is 1.70. The topological polar surface area (TPSA) is 8.81 Å². The Kier molecular flexibility index (Phi) is 4.39. The van der Waals surface area contributed by atoms with Crippen molar-refractivity contribution in [1.82, 2.24) is 4.57 Å². The third kappa shape index (κ3) is 2.71. The molecule has 0 saturated heterocycles. The van der Waals surface area contributed by atoms with E-state index in [-0.39, 0.29) is 5.41 Å². The van der Waals surface area contributed by atoms with Gasteiger partial charge >= 0.3 is 0 Å². The van der Waals surface area contributed by atoms with Gasteiger partial charge in [-0.25, -0.2) is 4.57 Å². The lowest BCUT2D eigenvalue weighted by molar-refractivity contribution is -0.602. The zero-order valence-corrected chi connectivity index (χ0v) is 17.6. The summed E-state index contributed by atoms with van der Waals surface area (Å²) in [6.07, 6.45) is 19.1. The molecular weight excluding hydrogens is 340 g/mol. The summed E-state index contributed by atoms with van der Waals surface area (Å²) in [5, 5.41) is 0. The SMILES string of the molecule is [2H]c1n2c(c(C)[n+]1-c1ccccc1C)C(C1CCCCC1)(C1CCCCC1)C=C2. The smallest absolute Gasteiger partial charge is 0.205 e. The molecule has 0 unspecified atom stereocenters. The molecule has 0 radical (unpaired) electrons. The van der Waals surface area contributed by atoms with Crippen molar-refractivity contribution in [2.24, 2.45) is 11.8 Å². The Morgan fingerprint density at radius 2 is 1.54 bits per heavy atom. The van der Waals surface area contributed by atoms with Crippen molar-refractivity contribution in [3.63, 3.8) is 0 Å². The van der Waals surface area contributed by atoms with Gasteiger partial charge in [-0.1, -0.05) is 56.7 Å². The molecule has 1 aromatic carbocycles. The predicted molar refractivity (Wildman–Crippen MR) is 116 cm³/mol. The summed E-state index contributed by atoms with van der Waals surface area (Å²) in [6.45, 7) is 4.43. The van der Waals surface area contributed by atoms with Crippen molar-refractivity contribution in [3.8, 4) is 5.69 Å². The number of hydrogen-bond donors (Lipinski definition) is 0. The van der Waals surface area contributed by atoms with Crippen molar-refractivity contribution in [3.05, 3.63) is 53.6 Å². The molecule has 2 saturated carbocycles. The van der Waals surface area contributed by atoms with E-state index in [2.05, 4.69) is 59.5 Å². The fourth-order valence-corrected chi connectivity index (χ4v) is 6.62. The second-order valence-electron chi connectivity index (χ2n) is 9.44. The van der Waals surface area contributed by atoms with Crippen molar-refractivity contribution >= 4 is 6.20 Å². The predicted octanol–water partition coefficient (Wildman–Crippen LogP) is 6.26. The van der Waals surface area contributed by atoms with Crippen LogP contribution in [-0.2, 0) is 5.41 Å². The molecular formula is C26H35N2+. The van der Waals surface area contributed by atoms with Crippen LogP contribution in [0.5, 0.6) is 0 Å². The summed E-state index contributed by atoms with van der Waals surface area (Å²) in [7, 11) is 0. The van der Waals surface area contributed by atoms with Gasteiger partial charge < -0.3 is 0 Å². The molecule has 2 heterocycles. The van der Waals surface area contributed by atoms with Crippen molar-refractivity contribution in [1.29, 1.82) is 0 Å². The fourth-order valence-electron chi connectivity index (χ4n) is 6.62. The van der Waals surface area contributed by atoms with Crippen LogP contribution in [-0.4, -0.2) is 4.57 Å². The van der Waals surface area contributed by atoms with Crippen LogP contribution in [0, 0.1) is 25.7 Å². The number of fused-ring (bicyclic) bond motifs is 1. The molecule has 0 amide bonds. The summed E-state index contributed by atoms with van der Waals surface area (Å²) in [4.78, 5) is 0. The number of benzene rings is 1. The van der Waals surface area contributed by atoms with Crippen LogP contribution in [0.2, 0.25) is 0 Å². The van der Waals surface area contributed by atoms with Crippen LogP contribution in [0.4, 0.5) is 0 Å². The molecule has 2 heteroatoms. The minimum absolute atomic E-state index is 0.134. The van der Waals surface area contributed by atoms with E-state index >= 15 is 0 Å². The first kappa shape index (κ1) is 17.1. The summed E-state index contributed by atoms with van der Waals surface area (Å²) < 4.78 is 13.5. The van der Waals surface area contributed by atoms with Crippen LogP contribution >= 0.6 is 0 Å². The zero-order valence-electron chi connectivity index (χ0n) is 18.6. The Morgan fingerprint density at radius 1 is 0.929 bits per heavy atom. The van der Waals surface area contributed by atoms with E-state index in [1.54, 1.807) is 0 Å². The highest BCUT2D eigenvalue weighted by Gasteiger charge is 2.53. The van der Waals surface area contributed by atoms with Gasteiger partial charge in [0.25, 0.3) is 6.30 Å². The highest BCUT2D eigenvalue weighted by atomic mass is 15.2. The third-order valence-electron chi connectivity index (χ3n) is 7.95. The van der Waals surface area contributed by atoms with Gasteiger partial charge in [0.1, 0.15) is 11.4 Å². The minimum atomic E-state index is 0.134. The number of para-hydroxylation sites is 1. The highest BCUT2D eigenvalue weighted by Crippen LogP contribution is 2.54. The van der Waals surface area contributed by atoms with E-state index in [0.717, 1.165) is 17.5 Å². The summed E-state index contributed by atoms with van der Waals surface area (Å²) in [6, 6.07) is 8.52. The first-order chi connectivity index (χ1) is 14.1. The lowest BCUT2D eigenvalue weighted by Crippen LogP contribution is -2.44. The molecule has 148 valence electrons. The lowest BCUT2D eigenvalue weighted by atomic mass is 9.57. The number of hydrogen-bond acceptors (Lipinski definition) is 0. The molecule has 2 fully saturated rings. The molecule has 28 heavy (non-hydrogen) atoms. The number of rotatable bonds is 3.